The Morgan fingerprint density at radius 1 is 1.17 bits per heavy atom. The van der Waals surface area contributed by atoms with E-state index in [-0.39, 0.29) is 61.5 Å². The summed E-state index contributed by atoms with van der Waals surface area (Å²) in [5.41, 5.74) is -0.281. The lowest BCUT2D eigenvalue weighted by molar-refractivity contribution is 0.0625. The molecule has 10 heteroatoms. The summed E-state index contributed by atoms with van der Waals surface area (Å²) in [6.45, 7) is 1.61. The van der Waals surface area contributed by atoms with Gasteiger partial charge in [0.05, 0.1) is 6.61 Å². The first-order valence-corrected chi connectivity index (χ1v) is 11.4. The molecule has 2 heterocycles. The number of halogens is 2. The molecule has 0 radical (unpaired) electrons. The summed E-state index contributed by atoms with van der Waals surface area (Å²) in [5, 5.41) is 11.8. The van der Waals surface area contributed by atoms with E-state index in [0.29, 0.717) is 6.07 Å². The largest absolute Gasteiger partial charge is 0.483 e. The lowest BCUT2D eigenvalue weighted by Crippen LogP contribution is -2.46. The van der Waals surface area contributed by atoms with Crippen molar-refractivity contribution < 1.29 is 28.2 Å². The van der Waals surface area contributed by atoms with Crippen molar-refractivity contribution in [2.45, 2.75) is 26.1 Å². The SMILES string of the molecule is C[C@@H]1CN(CCO)C(=O)c2c(OCc3ccccc3)c(=O)c(C(=O)NCc3ccc(F)cc3F)cn21. The molecule has 1 atom stereocenters. The van der Waals surface area contributed by atoms with Gasteiger partial charge in [-0.1, -0.05) is 36.4 Å². The molecule has 2 N–H and O–H groups in total. The number of aromatic nitrogens is 1. The Kier molecular flexibility index (Phi) is 7.44. The van der Waals surface area contributed by atoms with Gasteiger partial charge in [0, 0.05) is 43.5 Å². The van der Waals surface area contributed by atoms with Crippen LogP contribution in [0.3, 0.4) is 0 Å². The van der Waals surface area contributed by atoms with Gasteiger partial charge >= 0.3 is 0 Å². The number of aliphatic hydroxyl groups excluding tert-OH is 1. The van der Waals surface area contributed by atoms with E-state index in [1.54, 1.807) is 31.2 Å². The molecule has 0 unspecified atom stereocenters. The van der Waals surface area contributed by atoms with Crippen molar-refractivity contribution >= 4 is 11.8 Å². The van der Waals surface area contributed by atoms with E-state index in [9.17, 15) is 28.3 Å². The predicted molar refractivity (Wildman–Crippen MR) is 127 cm³/mol. The van der Waals surface area contributed by atoms with Gasteiger partial charge in [-0.2, -0.15) is 0 Å². The molecule has 1 aliphatic rings. The van der Waals surface area contributed by atoms with Crippen LogP contribution in [0.5, 0.6) is 5.75 Å². The van der Waals surface area contributed by atoms with Gasteiger partial charge in [0.1, 0.15) is 23.8 Å². The van der Waals surface area contributed by atoms with Crippen LogP contribution in [0.4, 0.5) is 8.78 Å². The minimum absolute atomic E-state index is 0.00994. The summed E-state index contributed by atoms with van der Waals surface area (Å²) in [7, 11) is 0. The summed E-state index contributed by atoms with van der Waals surface area (Å²) in [4.78, 5) is 41.0. The number of aliphatic hydroxyl groups is 1. The maximum atomic E-state index is 14.0. The maximum absolute atomic E-state index is 14.0. The van der Waals surface area contributed by atoms with Crippen LogP contribution in [0.15, 0.2) is 59.5 Å². The molecule has 2 amide bonds. The number of β-amino-alcohol motifs (C(OH)–C–C–N with tert-alkyl or cyclic N) is 1. The topological polar surface area (TPSA) is 101 Å². The first-order valence-electron chi connectivity index (χ1n) is 11.4. The summed E-state index contributed by atoms with van der Waals surface area (Å²) in [6.07, 6.45) is 1.29. The van der Waals surface area contributed by atoms with Crippen molar-refractivity contribution in [3.8, 4) is 5.75 Å². The lowest BCUT2D eigenvalue weighted by atomic mass is 10.1. The molecule has 1 aliphatic heterocycles. The highest BCUT2D eigenvalue weighted by molar-refractivity contribution is 5.99. The molecule has 4 rings (SSSR count). The fraction of sp³-hybridized carbons (Fsp3) is 0.269. The molecule has 0 spiro atoms. The van der Waals surface area contributed by atoms with Gasteiger partial charge < -0.3 is 24.6 Å². The van der Waals surface area contributed by atoms with Gasteiger partial charge in [-0.3, -0.25) is 14.4 Å². The van der Waals surface area contributed by atoms with Gasteiger partial charge in [0.2, 0.25) is 5.43 Å². The Balaban J connectivity index is 1.71. The zero-order chi connectivity index (χ0) is 25.8. The number of carbonyl (C=O) groups excluding carboxylic acids is 2. The number of fused-ring (bicyclic) bond motifs is 1. The van der Waals surface area contributed by atoms with E-state index in [2.05, 4.69) is 5.32 Å². The molecule has 36 heavy (non-hydrogen) atoms. The molecule has 3 aromatic rings. The zero-order valence-electron chi connectivity index (χ0n) is 19.5. The van der Waals surface area contributed by atoms with Crippen molar-refractivity contribution in [1.82, 2.24) is 14.8 Å². The number of hydrogen-bond donors (Lipinski definition) is 2. The Bertz CT molecular complexity index is 1340. The Labute approximate surface area is 205 Å². The van der Waals surface area contributed by atoms with Crippen LogP contribution in [0.2, 0.25) is 0 Å². The van der Waals surface area contributed by atoms with E-state index in [1.165, 1.54) is 21.7 Å². The minimum Gasteiger partial charge on any atom is -0.483 e. The van der Waals surface area contributed by atoms with Crippen LogP contribution in [0, 0.1) is 11.6 Å². The second-order valence-electron chi connectivity index (χ2n) is 8.47. The second kappa shape index (κ2) is 10.7. The Morgan fingerprint density at radius 2 is 1.92 bits per heavy atom. The average molecular weight is 497 g/mol. The highest BCUT2D eigenvalue weighted by atomic mass is 19.1. The monoisotopic (exact) mass is 497 g/mol. The zero-order valence-corrected chi connectivity index (χ0v) is 19.5. The van der Waals surface area contributed by atoms with E-state index in [1.807, 2.05) is 6.07 Å². The third-order valence-corrected chi connectivity index (χ3v) is 5.94. The molecule has 0 fully saturated rings. The molecule has 2 aromatic carbocycles. The fourth-order valence-electron chi connectivity index (χ4n) is 4.08. The third-order valence-electron chi connectivity index (χ3n) is 5.94. The maximum Gasteiger partial charge on any atom is 0.274 e. The molecule has 0 aliphatic carbocycles. The van der Waals surface area contributed by atoms with Crippen LogP contribution in [-0.4, -0.2) is 46.1 Å². The van der Waals surface area contributed by atoms with E-state index in [0.717, 1.165) is 11.6 Å². The lowest BCUT2D eigenvalue weighted by Gasteiger charge is -2.35. The van der Waals surface area contributed by atoms with Gasteiger partial charge in [-0.25, -0.2) is 8.78 Å². The first kappa shape index (κ1) is 25.1. The summed E-state index contributed by atoms with van der Waals surface area (Å²) in [6, 6.07) is 11.7. The van der Waals surface area contributed by atoms with Crippen LogP contribution >= 0.6 is 0 Å². The molecular formula is C26H25F2N3O5. The normalized spacial score (nSPS) is 14.9. The van der Waals surface area contributed by atoms with Gasteiger partial charge in [0.25, 0.3) is 11.8 Å². The van der Waals surface area contributed by atoms with Crippen molar-refractivity contribution in [3.63, 3.8) is 0 Å². The number of pyridine rings is 1. The van der Waals surface area contributed by atoms with Crippen LogP contribution in [0.25, 0.3) is 0 Å². The Hall–Kier alpha value is -4.05. The number of amides is 2. The van der Waals surface area contributed by atoms with Gasteiger partial charge in [-0.15, -0.1) is 0 Å². The molecule has 1 aromatic heterocycles. The molecular weight excluding hydrogens is 472 g/mol. The molecule has 0 saturated heterocycles. The summed E-state index contributed by atoms with van der Waals surface area (Å²) in [5.74, 6) is -3.14. The molecule has 0 saturated carbocycles. The first-order chi connectivity index (χ1) is 17.3. The smallest absolute Gasteiger partial charge is 0.274 e. The van der Waals surface area contributed by atoms with Crippen molar-refractivity contribution in [1.29, 1.82) is 0 Å². The molecule has 0 bridgehead atoms. The van der Waals surface area contributed by atoms with Gasteiger partial charge in [-0.05, 0) is 18.6 Å². The number of hydrogen-bond acceptors (Lipinski definition) is 5. The van der Waals surface area contributed by atoms with Crippen molar-refractivity contribution in [2.75, 3.05) is 19.7 Å². The number of carbonyl (C=O) groups is 2. The molecule has 188 valence electrons. The van der Waals surface area contributed by atoms with E-state index in [4.69, 9.17) is 4.74 Å². The predicted octanol–water partition coefficient (Wildman–Crippen LogP) is 2.64. The summed E-state index contributed by atoms with van der Waals surface area (Å²) < 4.78 is 34.5. The number of nitrogens with zero attached hydrogens (tertiary/aromatic N) is 2. The van der Waals surface area contributed by atoms with E-state index >= 15 is 0 Å². The summed E-state index contributed by atoms with van der Waals surface area (Å²) >= 11 is 0. The number of ether oxygens (including phenoxy) is 1. The number of benzene rings is 2. The number of rotatable bonds is 8. The van der Waals surface area contributed by atoms with Crippen LogP contribution < -0.4 is 15.5 Å². The van der Waals surface area contributed by atoms with E-state index < -0.39 is 28.9 Å². The van der Waals surface area contributed by atoms with Crippen molar-refractivity contribution in [3.05, 3.63) is 99.0 Å². The third kappa shape index (κ3) is 5.13. The quantitative estimate of drug-likeness (QED) is 0.499. The van der Waals surface area contributed by atoms with Crippen molar-refractivity contribution in [2.24, 2.45) is 0 Å². The number of nitrogens with one attached hydrogen (secondary N) is 1. The van der Waals surface area contributed by atoms with Crippen LogP contribution in [0.1, 0.15) is 44.9 Å². The standard InChI is InChI=1S/C26H25F2N3O5/c1-16-13-30(9-10-32)26(35)22-24(36-15-17-5-3-2-4-6-17)23(33)20(14-31(16)22)25(34)29-12-18-7-8-19(27)11-21(18)28/h2-8,11,14,16,32H,9-10,12-13,15H2,1H3,(H,29,34)/t16-/m1/s1. The van der Waals surface area contributed by atoms with Crippen LogP contribution in [-0.2, 0) is 13.2 Å². The highest BCUT2D eigenvalue weighted by Gasteiger charge is 2.34. The van der Waals surface area contributed by atoms with Gasteiger partial charge in [0.15, 0.2) is 11.4 Å². The highest BCUT2D eigenvalue weighted by Crippen LogP contribution is 2.27. The molecule has 8 nitrogen and oxygen atoms in total. The Morgan fingerprint density at radius 3 is 2.61 bits per heavy atom. The second-order valence-corrected chi connectivity index (χ2v) is 8.47. The fourth-order valence-corrected chi connectivity index (χ4v) is 4.08. The average Bonchev–Trinajstić information content (AvgIpc) is 2.86. The minimum atomic E-state index is -0.826.